The Balaban J connectivity index is 1.81. The molecule has 2 aliphatic rings. The van der Waals surface area contributed by atoms with Gasteiger partial charge in [0.25, 0.3) is 0 Å². The van der Waals surface area contributed by atoms with Gasteiger partial charge in [-0.25, -0.2) is 9.48 Å². The summed E-state index contributed by atoms with van der Waals surface area (Å²) in [6.45, 7) is 3.12. The third-order valence-corrected chi connectivity index (χ3v) is 4.11. The molecule has 0 aliphatic heterocycles. The number of ether oxygens (including phenoxy) is 1. The van der Waals surface area contributed by atoms with Crippen molar-refractivity contribution in [1.82, 2.24) is 15.0 Å². The second-order valence-corrected chi connectivity index (χ2v) is 5.65. The van der Waals surface area contributed by atoms with Crippen LogP contribution < -0.4 is 0 Å². The van der Waals surface area contributed by atoms with Crippen LogP contribution in [0.3, 0.4) is 0 Å². The SMILES string of the molecule is CCOC(=O)c1nnn(CC2CCCC2)c1C1CC1. The van der Waals surface area contributed by atoms with E-state index < -0.39 is 0 Å². The van der Waals surface area contributed by atoms with Crippen LogP contribution in [0.4, 0.5) is 0 Å². The molecule has 2 fully saturated rings. The van der Waals surface area contributed by atoms with E-state index in [1.54, 1.807) is 0 Å². The fourth-order valence-corrected chi connectivity index (χ4v) is 3.00. The van der Waals surface area contributed by atoms with Crippen LogP contribution in [-0.4, -0.2) is 27.6 Å². The Morgan fingerprint density at radius 2 is 2.05 bits per heavy atom. The van der Waals surface area contributed by atoms with E-state index in [-0.39, 0.29) is 5.97 Å². The molecule has 5 nitrogen and oxygen atoms in total. The van der Waals surface area contributed by atoms with Crippen molar-refractivity contribution in [3.05, 3.63) is 11.4 Å². The number of esters is 1. The zero-order valence-corrected chi connectivity index (χ0v) is 11.5. The molecule has 0 atom stereocenters. The molecule has 1 aromatic heterocycles. The van der Waals surface area contributed by atoms with Gasteiger partial charge in [-0.1, -0.05) is 18.1 Å². The molecule has 0 spiro atoms. The highest BCUT2D eigenvalue weighted by Crippen LogP contribution is 2.42. The number of carbonyl (C=O) groups is 1. The van der Waals surface area contributed by atoms with Crippen LogP contribution in [0.15, 0.2) is 0 Å². The molecular formula is C14H21N3O2. The smallest absolute Gasteiger partial charge is 0.360 e. The quantitative estimate of drug-likeness (QED) is 0.766. The van der Waals surface area contributed by atoms with Crippen LogP contribution >= 0.6 is 0 Å². The molecule has 0 saturated heterocycles. The average molecular weight is 263 g/mol. The van der Waals surface area contributed by atoms with Gasteiger partial charge >= 0.3 is 5.97 Å². The summed E-state index contributed by atoms with van der Waals surface area (Å²) in [5.74, 6) is 0.854. The summed E-state index contributed by atoms with van der Waals surface area (Å²) in [5, 5.41) is 8.29. The highest BCUT2D eigenvalue weighted by Gasteiger charge is 2.35. The molecule has 0 amide bonds. The van der Waals surface area contributed by atoms with Crippen molar-refractivity contribution in [2.45, 2.75) is 57.9 Å². The van der Waals surface area contributed by atoms with E-state index in [0.29, 0.717) is 24.1 Å². The average Bonchev–Trinajstić information content (AvgIpc) is 2.95. The maximum absolute atomic E-state index is 11.9. The fraction of sp³-hybridized carbons (Fsp3) is 0.786. The van der Waals surface area contributed by atoms with Crippen molar-refractivity contribution in [1.29, 1.82) is 0 Å². The second-order valence-electron chi connectivity index (χ2n) is 5.65. The van der Waals surface area contributed by atoms with Crippen LogP contribution in [0.2, 0.25) is 0 Å². The summed E-state index contributed by atoms with van der Waals surface area (Å²) >= 11 is 0. The third-order valence-electron chi connectivity index (χ3n) is 4.11. The van der Waals surface area contributed by atoms with Crippen molar-refractivity contribution in [3.8, 4) is 0 Å². The predicted octanol–water partition coefficient (Wildman–Crippen LogP) is 2.52. The van der Waals surface area contributed by atoms with Gasteiger partial charge in [0.15, 0.2) is 5.69 Å². The molecule has 0 unspecified atom stereocenters. The molecule has 0 N–H and O–H groups in total. The maximum atomic E-state index is 11.9. The lowest BCUT2D eigenvalue weighted by Gasteiger charge is -2.11. The number of hydrogen-bond donors (Lipinski definition) is 0. The number of hydrogen-bond acceptors (Lipinski definition) is 4. The van der Waals surface area contributed by atoms with Gasteiger partial charge in [-0.05, 0) is 38.5 Å². The van der Waals surface area contributed by atoms with Gasteiger partial charge in [0.2, 0.25) is 0 Å². The second kappa shape index (κ2) is 5.31. The van der Waals surface area contributed by atoms with Gasteiger partial charge in [-0.2, -0.15) is 0 Å². The minimum Gasteiger partial charge on any atom is -0.461 e. The monoisotopic (exact) mass is 263 g/mol. The topological polar surface area (TPSA) is 57.0 Å². The number of rotatable bonds is 5. The van der Waals surface area contributed by atoms with Crippen molar-refractivity contribution >= 4 is 5.97 Å². The Hall–Kier alpha value is -1.39. The first kappa shape index (κ1) is 12.6. The van der Waals surface area contributed by atoms with Gasteiger partial charge in [-0.3, -0.25) is 0 Å². The first-order valence-electron chi connectivity index (χ1n) is 7.40. The standard InChI is InChI=1S/C14H21N3O2/c1-2-19-14(18)12-13(11-7-8-11)17(16-15-12)9-10-5-3-4-6-10/h10-11H,2-9H2,1H3. The molecule has 2 aliphatic carbocycles. The number of nitrogens with zero attached hydrogens (tertiary/aromatic N) is 3. The fourth-order valence-electron chi connectivity index (χ4n) is 3.00. The van der Waals surface area contributed by atoms with E-state index in [1.165, 1.54) is 25.7 Å². The minimum absolute atomic E-state index is 0.318. The third kappa shape index (κ3) is 2.65. The maximum Gasteiger partial charge on any atom is 0.360 e. The Morgan fingerprint density at radius 3 is 2.68 bits per heavy atom. The lowest BCUT2D eigenvalue weighted by atomic mass is 10.1. The molecule has 3 rings (SSSR count). The number of carbonyl (C=O) groups excluding carboxylic acids is 1. The Bertz CT molecular complexity index is 459. The molecule has 19 heavy (non-hydrogen) atoms. The van der Waals surface area contributed by atoms with Crippen LogP contribution in [-0.2, 0) is 11.3 Å². The lowest BCUT2D eigenvalue weighted by Crippen LogP contribution is -2.14. The van der Waals surface area contributed by atoms with Gasteiger partial charge in [0, 0.05) is 12.5 Å². The van der Waals surface area contributed by atoms with Gasteiger partial charge in [0.05, 0.1) is 12.3 Å². The van der Waals surface area contributed by atoms with Gasteiger partial charge in [0.1, 0.15) is 0 Å². The van der Waals surface area contributed by atoms with E-state index in [9.17, 15) is 4.79 Å². The molecular weight excluding hydrogens is 242 g/mol. The largest absolute Gasteiger partial charge is 0.461 e. The highest BCUT2D eigenvalue weighted by atomic mass is 16.5. The van der Waals surface area contributed by atoms with Crippen molar-refractivity contribution in [2.24, 2.45) is 5.92 Å². The molecule has 1 aromatic rings. The van der Waals surface area contributed by atoms with Crippen molar-refractivity contribution in [2.75, 3.05) is 6.61 Å². The Kier molecular flexibility index (Phi) is 3.53. The van der Waals surface area contributed by atoms with Crippen LogP contribution in [0, 0.1) is 5.92 Å². The van der Waals surface area contributed by atoms with Gasteiger partial charge in [-0.15, -0.1) is 5.10 Å². The van der Waals surface area contributed by atoms with E-state index >= 15 is 0 Å². The lowest BCUT2D eigenvalue weighted by molar-refractivity contribution is 0.0518. The summed E-state index contributed by atoms with van der Waals surface area (Å²) in [4.78, 5) is 11.9. The predicted molar refractivity (Wildman–Crippen MR) is 69.9 cm³/mol. The summed E-state index contributed by atoms with van der Waals surface area (Å²) < 4.78 is 7.05. The van der Waals surface area contributed by atoms with E-state index in [0.717, 1.165) is 25.1 Å². The number of aromatic nitrogens is 3. The van der Waals surface area contributed by atoms with Crippen LogP contribution in [0.25, 0.3) is 0 Å². The molecule has 5 heteroatoms. The zero-order chi connectivity index (χ0) is 13.2. The van der Waals surface area contributed by atoms with E-state index in [4.69, 9.17) is 4.74 Å². The first-order valence-corrected chi connectivity index (χ1v) is 7.40. The first-order chi connectivity index (χ1) is 9.29. The summed E-state index contributed by atoms with van der Waals surface area (Å²) in [5.41, 5.74) is 1.47. The zero-order valence-electron chi connectivity index (χ0n) is 11.5. The van der Waals surface area contributed by atoms with Crippen LogP contribution in [0.5, 0.6) is 0 Å². The minimum atomic E-state index is -0.318. The molecule has 0 bridgehead atoms. The summed E-state index contributed by atoms with van der Waals surface area (Å²) in [6, 6.07) is 0. The van der Waals surface area contributed by atoms with E-state index in [1.807, 2.05) is 11.6 Å². The normalized spacial score (nSPS) is 19.8. The highest BCUT2D eigenvalue weighted by molar-refractivity contribution is 5.88. The van der Waals surface area contributed by atoms with Gasteiger partial charge < -0.3 is 4.74 Å². The van der Waals surface area contributed by atoms with E-state index in [2.05, 4.69) is 10.3 Å². The van der Waals surface area contributed by atoms with Crippen LogP contribution in [0.1, 0.15) is 67.5 Å². The van der Waals surface area contributed by atoms with Crippen molar-refractivity contribution in [3.63, 3.8) is 0 Å². The molecule has 2 saturated carbocycles. The molecule has 104 valence electrons. The summed E-state index contributed by atoms with van der Waals surface area (Å²) in [6.07, 6.45) is 7.48. The Morgan fingerprint density at radius 1 is 1.32 bits per heavy atom. The van der Waals surface area contributed by atoms with Crippen molar-refractivity contribution < 1.29 is 9.53 Å². The summed E-state index contributed by atoms with van der Waals surface area (Å²) in [7, 11) is 0. The molecule has 0 radical (unpaired) electrons. The Labute approximate surface area is 113 Å². The molecule has 0 aromatic carbocycles. The molecule has 1 heterocycles.